The fraction of sp³-hybridized carbons (Fsp3) is 0.483. The van der Waals surface area contributed by atoms with Crippen LogP contribution in [0.2, 0.25) is 0 Å². The first kappa shape index (κ1) is 24.1. The van der Waals surface area contributed by atoms with Crippen LogP contribution in [0.15, 0.2) is 43.0 Å². The van der Waals surface area contributed by atoms with Crippen LogP contribution in [0.4, 0.5) is 13.2 Å². The van der Waals surface area contributed by atoms with Crippen molar-refractivity contribution in [2.24, 2.45) is 11.8 Å². The maximum Gasteiger partial charge on any atom is 0.314 e. The van der Waals surface area contributed by atoms with Gasteiger partial charge in [-0.3, -0.25) is 4.79 Å². The van der Waals surface area contributed by atoms with E-state index in [2.05, 4.69) is 6.58 Å². The lowest BCUT2D eigenvalue weighted by Gasteiger charge is -2.30. The van der Waals surface area contributed by atoms with Gasteiger partial charge >= 0.3 is 5.97 Å². The van der Waals surface area contributed by atoms with Crippen LogP contribution in [0, 0.1) is 29.3 Å². The Kier molecular flexibility index (Phi) is 7.01. The van der Waals surface area contributed by atoms with Crippen molar-refractivity contribution >= 4 is 5.97 Å². The molecule has 3 fully saturated rings. The molecule has 0 spiro atoms. The summed E-state index contributed by atoms with van der Waals surface area (Å²) < 4.78 is 54.9. The average Bonchev–Trinajstić information content (AvgIpc) is 3.73. The molecule has 0 radical (unpaired) electrons. The fourth-order valence-corrected chi connectivity index (χ4v) is 5.75. The van der Waals surface area contributed by atoms with Crippen molar-refractivity contribution in [1.29, 1.82) is 0 Å². The topological polar surface area (TPSA) is 38.8 Å². The Hall–Kier alpha value is -2.60. The van der Waals surface area contributed by atoms with Crippen LogP contribution in [0.1, 0.15) is 86.0 Å². The molecule has 0 amide bonds. The maximum absolute atomic E-state index is 15.1. The van der Waals surface area contributed by atoms with Crippen molar-refractivity contribution in [3.05, 3.63) is 77.1 Å². The molecule has 2 aliphatic carbocycles. The third-order valence-corrected chi connectivity index (χ3v) is 8.06. The van der Waals surface area contributed by atoms with Crippen molar-refractivity contribution in [2.45, 2.75) is 69.3 Å². The largest absolute Gasteiger partial charge is 0.423 e. The molecule has 2 aromatic carbocycles. The van der Waals surface area contributed by atoms with Crippen molar-refractivity contribution in [2.75, 3.05) is 6.61 Å². The van der Waals surface area contributed by atoms with E-state index in [4.69, 9.17) is 9.47 Å². The van der Waals surface area contributed by atoms with Crippen LogP contribution in [0.25, 0.3) is 0 Å². The van der Waals surface area contributed by atoms with Gasteiger partial charge in [0, 0.05) is 0 Å². The van der Waals surface area contributed by atoms with Gasteiger partial charge in [0.2, 0.25) is 0 Å². The number of carbonyl (C=O) groups is 1. The summed E-state index contributed by atoms with van der Waals surface area (Å²) in [6.07, 6.45) is 7.59. The number of epoxide rings is 1. The van der Waals surface area contributed by atoms with E-state index in [0.717, 1.165) is 31.2 Å². The fourth-order valence-electron chi connectivity index (χ4n) is 5.75. The van der Waals surface area contributed by atoms with E-state index < -0.39 is 23.4 Å². The van der Waals surface area contributed by atoms with Gasteiger partial charge in [0.1, 0.15) is 6.10 Å². The summed E-state index contributed by atoms with van der Waals surface area (Å²) in [6, 6.07) is 7.98. The Balaban J connectivity index is 1.19. The van der Waals surface area contributed by atoms with Crippen molar-refractivity contribution in [3.63, 3.8) is 0 Å². The standard InChI is InChI=1S/C29H31F3O3/c1-2-17-3-5-18(6-4-17)22-12-13-23(28(32)27(22)31)19-7-9-20(10-8-19)29(33)35-25-14-11-21(15-24(25)30)26-16-34-26/h2,11-15,17-20,26H,1,3-10,16H2. The highest BCUT2D eigenvalue weighted by Gasteiger charge is 2.32. The Labute approximate surface area is 204 Å². The molecule has 3 nitrogen and oxygen atoms in total. The highest BCUT2D eigenvalue weighted by atomic mass is 19.2. The molecule has 1 aliphatic heterocycles. The van der Waals surface area contributed by atoms with Gasteiger partial charge in [-0.1, -0.05) is 24.3 Å². The van der Waals surface area contributed by atoms with E-state index in [1.54, 1.807) is 18.2 Å². The van der Waals surface area contributed by atoms with Crippen LogP contribution >= 0.6 is 0 Å². The highest BCUT2D eigenvalue weighted by molar-refractivity contribution is 5.75. The molecule has 1 atom stereocenters. The number of allylic oxidation sites excluding steroid dienone is 1. The normalized spacial score (nSPS) is 28.4. The lowest BCUT2D eigenvalue weighted by Crippen LogP contribution is -2.26. The summed E-state index contributed by atoms with van der Waals surface area (Å²) in [7, 11) is 0. The van der Waals surface area contributed by atoms with Gasteiger partial charge in [-0.2, -0.15) is 0 Å². The third kappa shape index (κ3) is 5.18. The molecule has 2 saturated carbocycles. The molecule has 0 bridgehead atoms. The Morgan fingerprint density at radius 1 is 0.886 bits per heavy atom. The predicted molar refractivity (Wildman–Crippen MR) is 127 cm³/mol. The maximum atomic E-state index is 15.1. The lowest BCUT2D eigenvalue weighted by atomic mass is 9.76. The smallest absolute Gasteiger partial charge is 0.314 e. The average molecular weight is 485 g/mol. The van der Waals surface area contributed by atoms with Gasteiger partial charge in [0.15, 0.2) is 23.2 Å². The number of benzene rings is 2. The Bertz CT molecular complexity index is 1090. The molecule has 0 N–H and O–H groups in total. The van der Waals surface area contributed by atoms with Gasteiger partial charge in [0.05, 0.1) is 12.5 Å². The first-order valence-corrected chi connectivity index (χ1v) is 12.7. The van der Waals surface area contributed by atoms with Gasteiger partial charge in [-0.25, -0.2) is 13.2 Å². The van der Waals surface area contributed by atoms with Crippen LogP contribution in [0.5, 0.6) is 5.75 Å². The van der Waals surface area contributed by atoms with Crippen LogP contribution in [-0.4, -0.2) is 12.6 Å². The van der Waals surface area contributed by atoms with E-state index in [9.17, 15) is 9.18 Å². The number of hydrogen-bond acceptors (Lipinski definition) is 3. The molecule has 186 valence electrons. The molecule has 1 saturated heterocycles. The molecule has 3 aliphatic rings. The monoisotopic (exact) mass is 484 g/mol. The second-order valence-corrected chi connectivity index (χ2v) is 10.2. The van der Waals surface area contributed by atoms with Crippen molar-refractivity contribution in [3.8, 4) is 5.75 Å². The first-order chi connectivity index (χ1) is 16.9. The summed E-state index contributed by atoms with van der Waals surface area (Å²) in [5, 5.41) is 0. The number of ether oxygens (including phenoxy) is 2. The van der Waals surface area contributed by atoms with Crippen LogP contribution < -0.4 is 4.74 Å². The van der Waals surface area contributed by atoms with E-state index in [1.165, 1.54) is 12.1 Å². The predicted octanol–water partition coefficient (Wildman–Crippen LogP) is 7.51. The van der Waals surface area contributed by atoms with Gasteiger partial charge in [-0.05, 0) is 97.9 Å². The number of rotatable bonds is 6. The quantitative estimate of drug-likeness (QED) is 0.184. The number of carbonyl (C=O) groups excluding carboxylic acids is 1. The van der Waals surface area contributed by atoms with Crippen molar-refractivity contribution < 1.29 is 27.4 Å². The third-order valence-electron chi connectivity index (χ3n) is 8.06. The highest BCUT2D eigenvalue weighted by Crippen LogP contribution is 2.42. The van der Waals surface area contributed by atoms with Gasteiger partial charge < -0.3 is 9.47 Å². The van der Waals surface area contributed by atoms with Crippen LogP contribution in [0.3, 0.4) is 0 Å². The SMILES string of the molecule is C=CC1CCC(c2ccc(C3CCC(C(=O)Oc4ccc(C5CO5)cc4F)CC3)c(F)c2F)CC1. The molecule has 1 unspecified atom stereocenters. The van der Waals surface area contributed by atoms with E-state index in [0.29, 0.717) is 49.3 Å². The zero-order valence-corrected chi connectivity index (χ0v) is 19.8. The molecule has 2 aromatic rings. The first-order valence-electron chi connectivity index (χ1n) is 12.7. The second kappa shape index (κ2) is 10.2. The summed E-state index contributed by atoms with van der Waals surface area (Å²) in [5.41, 5.74) is 1.60. The summed E-state index contributed by atoms with van der Waals surface area (Å²) in [4.78, 5) is 12.6. The molecular formula is C29H31F3O3. The lowest BCUT2D eigenvalue weighted by molar-refractivity contribution is -0.140. The summed E-state index contributed by atoms with van der Waals surface area (Å²) >= 11 is 0. The summed E-state index contributed by atoms with van der Waals surface area (Å²) in [5.74, 6) is -2.64. The molecule has 35 heavy (non-hydrogen) atoms. The molecule has 1 heterocycles. The molecule has 6 heteroatoms. The molecule has 5 rings (SSSR count). The number of halogens is 3. The Morgan fingerprint density at radius 3 is 1.97 bits per heavy atom. The number of hydrogen-bond donors (Lipinski definition) is 0. The van der Waals surface area contributed by atoms with Gasteiger partial charge in [-0.15, -0.1) is 6.58 Å². The molecular weight excluding hydrogens is 453 g/mol. The zero-order valence-electron chi connectivity index (χ0n) is 19.8. The van der Waals surface area contributed by atoms with E-state index in [-0.39, 0.29) is 29.6 Å². The number of esters is 1. The zero-order chi connectivity index (χ0) is 24.5. The minimum atomic E-state index is -0.749. The van der Waals surface area contributed by atoms with Gasteiger partial charge in [0.25, 0.3) is 0 Å². The minimum Gasteiger partial charge on any atom is -0.423 e. The molecule has 0 aromatic heterocycles. The van der Waals surface area contributed by atoms with E-state index >= 15 is 8.78 Å². The minimum absolute atomic E-state index is 0.0477. The van der Waals surface area contributed by atoms with Crippen LogP contribution in [-0.2, 0) is 9.53 Å². The van der Waals surface area contributed by atoms with Crippen molar-refractivity contribution in [1.82, 2.24) is 0 Å². The Morgan fingerprint density at radius 2 is 1.46 bits per heavy atom. The summed E-state index contributed by atoms with van der Waals surface area (Å²) in [6.45, 7) is 4.42. The van der Waals surface area contributed by atoms with E-state index in [1.807, 2.05) is 6.08 Å². The second-order valence-electron chi connectivity index (χ2n) is 10.2.